The molecule has 1 aromatic heterocycles. The summed E-state index contributed by atoms with van der Waals surface area (Å²) in [6, 6.07) is 9.77. The summed E-state index contributed by atoms with van der Waals surface area (Å²) in [6.07, 6.45) is 1.45. The van der Waals surface area contributed by atoms with Gasteiger partial charge in [0.25, 0.3) is 0 Å². The third-order valence-electron chi connectivity index (χ3n) is 2.58. The first kappa shape index (κ1) is 18.2. The Labute approximate surface area is 162 Å². The maximum absolute atomic E-state index is 12.6. The van der Waals surface area contributed by atoms with Gasteiger partial charge in [-0.3, -0.25) is 0 Å². The van der Waals surface area contributed by atoms with Crippen LogP contribution in [0.15, 0.2) is 42.6 Å². The molecular weight excluding hydrogens is 307 g/mol. The van der Waals surface area contributed by atoms with Crippen molar-refractivity contribution in [1.29, 1.82) is 5.26 Å². The number of rotatable bonds is 4. The fourth-order valence-corrected chi connectivity index (χ4v) is 1.60. The van der Waals surface area contributed by atoms with E-state index in [9.17, 15) is 12.9 Å². The minimum Gasteiger partial charge on any atom is -0.489 e. The van der Waals surface area contributed by atoms with Crippen LogP contribution in [0.5, 0.6) is 5.75 Å². The first-order chi connectivity index (χ1) is 9.49. The number of nitriles is 1. The van der Waals surface area contributed by atoms with E-state index >= 15 is 0 Å². The predicted molar refractivity (Wildman–Crippen MR) is 68.4 cm³/mol. The van der Waals surface area contributed by atoms with Gasteiger partial charge in [0, 0.05) is 6.20 Å². The molecule has 0 saturated carbocycles. The molecule has 0 amide bonds. The second-order valence-corrected chi connectivity index (χ2v) is 4.10. The topological polar surface area (TPSA) is 45.9 Å². The van der Waals surface area contributed by atoms with Gasteiger partial charge < -0.3 is 17.7 Å². The van der Waals surface area contributed by atoms with Crippen LogP contribution in [0.1, 0.15) is 11.3 Å². The first-order valence-corrected chi connectivity index (χ1v) is 5.77. The third kappa shape index (κ3) is 5.45. The van der Waals surface area contributed by atoms with Gasteiger partial charge in [-0.05, 0) is 29.8 Å². The Hall–Kier alpha value is -0.849. The summed E-state index contributed by atoms with van der Waals surface area (Å²) in [4.78, 5) is 3.80. The molecule has 2 rings (SSSR count). The number of nitrogens with zero attached hydrogens (tertiary/aromatic N) is 2. The molecule has 0 atom stereocenters. The van der Waals surface area contributed by atoms with Gasteiger partial charge in [0.15, 0.2) is 0 Å². The van der Waals surface area contributed by atoms with Crippen molar-refractivity contribution in [3.63, 3.8) is 0 Å². The smallest absolute Gasteiger partial charge is 0.489 e. The molecule has 0 saturated heterocycles. The average Bonchev–Trinajstić information content (AvgIpc) is 2.45. The van der Waals surface area contributed by atoms with Crippen LogP contribution >= 0.6 is 0 Å². The van der Waals surface area contributed by atoms with E-state index in [0.717, 1.165) is 12.1 Å². The minimum atomic E-state index is -5.04. The van der Waals surface area contributed by atoms with Crippen molar-refractivity contribution >= 4 is 12.4 Å². The molecular formula is C13H9BF3KN2O. The Morgan fingerprint density at radius 2 is 1.95 bits per heavy atom. The van der Waals surface area contributed by atoms with Crippen LogP contribution in [-0.2, 0) is 6.61 Å². The van der Waals surface area contributed by atoms with Gasteiger partial charge in [-0.25, -0.2) is 4.98 Å². The summed E-state index contributed by atoms with van der Waals surface area (Å²) in [5, 5.41) is 8.70. The zero-order valence-corrected chi connectivity index (χ0v) is 14.4. The Morgan fingerprint density at radius 1 is 1.19 bits per heavy atom. The van der Waals surface area contributed by atoms with E-state index in [-0.39, 0.29) is 69.4 Å². The van der Waals surface area contributed by atoms with E-state index in [0.29, 0.717) is 5.56 Å². The second kappa shape index (κ2) is 7.96. The monoisotopic (exact) mass is 316 g/mol. The Bertz CT molecular complexity index is 658. The number of ether oxygens (including phenoxy) is 1. The van der Waals surface area contributed by atoms with Crippen LogP contribution in [0, 0.1) is 11.3 Å². The molecule has 0 radical (unpaired) electrons. The van der Waals surface area contributed by atoms with Crippen LogP contribution in [0.2, 0.25) is 0 Å². The van der Waals surface area contributed by atoms with Gasteiger partial charge >= 0.3 is 58.4 Å². The summed E-state index contributed by atoms with van der Waals surface area (Å²) in [7, 11) is 0. The predicted octanol–water partition coefficient (Wildman–Crippen LogP) is -0.409. The zero-order valence-electron chi connectivity index (χ0n) is 11.3. The Kier molecular flexibility index (Phi) is 6.90. The number of halogens is 3. The molecule has 1 aromatic carbocycles. The van der Waals surface area contributed by atoms with Crippen molar-refractivity contribution in [3.8, 4) is 11.8 Å². The molecule has 0 bridgehead atoms. The maximum atomic E-state index is 12.6. The molecule has 0 fully saturated rings. The normalized spacial score (nSPS) is 10.4. The molecule has 1 heterocycles. The van der Waals surface area contributed by atoms with Crippen molar-refractivity contribution in [3.05, 3.63) is 53.9 Å². The number of hydrogen-bond donors (Lipinski definition) is 0. The van der Waals surface area contributed by atoms with E-state index in [1.807, 2.05) is 6.07 Å². The largest absolute Gasteiger partial charge is 1.00 e. The molecule has 0 aliphatic heterocycles. The van der Waals surface area contributed by atoms with Crippen LogP contribution < -0.4 is 61.6 Å². The van der Waals surface area contributed by atoms with Crippen LogP contribution in [0.4, 0.5) is 12.9 Å². The van der Waals surface area contributed by atoms with Crippen molar-refractivity contribution in [2.75, 3.05) is 0 Å². The molecule has 2 aromatic rings. The van der Waals surface area contributed by atoms with E-state index in [2.05, 4.69) is 4.98 Å². The Balaban J connectivity index is 0.00000220. The molecule has 0 N–H and O–H groups in total. The number of benzene rings is 1. The van der Waals surface area contributed by atoms with E-state index in [1.54, 1.807) is 6.07 Å². The van der Waals surface area contributed by atoms with Gasteiger partial charge in [0.2, 0.25) is 0 Å². The Morgan fingerprint density at radius 3 is 2.62 bits per heavy atom. The number of pyridine rings is 1. The van der Waals surface area contributed by atoms with Gasteiger partial charge in [0.1, 0.15) is 24.1 Å². The second-order valence-electron chi connectivity index (χ2n) is 4.10. The number of aromatic nitrogens is 1. The van der Waals surface area contributed by atoms with Crippen LogP contribution in [-0.4, -0.2) is 12.0 Å². The van der Waals surface area contributed by atoms with Crippen molar-refractivity contribution in [2.24, 2.45) is 0 Å². The summed E-state index contributed by atoms with van der Waals surface area (Å²) in [5.41, 5.74) is 0.202. The minimum absolute atomic E-state index is 0. The molecule has 0 unspecified atom stereocenters. The van der Waals surface area contributed by atoms with E-state index in [1.165, 1.54) is 24.4 Å². The SMILES string of the molecule is N#Cc1cc(COc2cccc([B-](F)(F)F)c2)ccn1.[K+]. The van der Waals surface area contributed by atoms with Crippen LogP contribution in [0.25, 0.3) is 0 Å². The fourth-order valence-electron chi connectivity index (χ4n) is 1.60. The maximum Gasteiger partial charge on any atom is 1.00 e. The number of hydrogen-bond acceptors (Lipinski definition) is 3. The van der Waals surface area contributed by atoms with E-state index < -0.39 is 12.4 Å². The molecule has 0 aliphatic carbocycles. The molecule has 21 heavy (non-hydrogen) atoms. The van der Waals surface area contributed by atoms with Gasteiger partial charge in [-0.1, -0.05) is 12.1 Å². The average molecular weight is 316 g/mol. The van der Waals surface area contributed by atoms with Crippen molar-refractivity contribution in [1.82, 2.24) is 4.98 Å². The van der Waals surface area contributed by atoms with Gasteiger partial charge in [0.05, 0.1) is 0 Å². The summed E-state index contributed by atoms with van der Waals surface area (Å²) in [6.45, 7) is -4.96. The third-order valence-corrected chi connectivity index (χ3v) is 2.58. The molecule has 0 aliphatic rings. The van der Waals surface area contributed by atoms with Crippen molar-refractivity contribution in [2.45, 2.75) is 6.61 Å². The fraction of sp³-hybridized carbons (Fsp3) is 0.0769. The molecule has 3 nitrogen and oxygen atoms in total. The van der Waals surface area contributed by atoms with Gasteiger partial charge in [-0.15, -0.1) is 5.46 Å². The van der Waals surface area contributed by atoms with Crippen molar-refractivity contribution < 1.29 is 69.1 Å². The van der Waals surface area contributed by atoms with E-state index in [4.69, 9.17) is 10.00 Å². The summed E-state index contributed by atoms with van der Waals surface area (Å²) >= 11 is 0. The van der Waals surface area contributed by atoms with Crippen LogP contribution in [0.3, 0.4) is 0 Å². The van der Waals surface area contributed by atoms with Gasteiger partial charge in [-0.2, -0.15) is 5.26 Å². The zero-order chi connectivity index (χ0) is 14.6. The summed E-state index contributed by atoms with van der Waals surface area (Å²) < 4.78 is 43.1. The molecule has 0 spiro atoms. The molecule has 8 heteroatoms. The quantitative estimate of drug-likeness (QED) is 0.721. The first-order valence-electron chi connectivity index (χ1n) is 5.77. The summed E-state index contributed by atoms with van der Waals surface area (Å²) in [5.74, 6) is 0.136. The molecule has 102 valence electrons. The standard InChI is InChI=1S/C13H9BF3N2O.K/c15-14(16,17)11-2-1-3-13(7-11)20-9-10-4-5-19-12(6-10)8-18;/h1-7H,9H2;/q-1;+1.